The highest BCUT2D eigenvalue weighted by molar-refractivity contribution is 5.76. The van der Waals surface area contributed by atoms with E-state index < -0.39 is 0 Å². The van der Waals surface area contributed by atoms with Gasteiger partial charge in [-0.25, -0.2) is 0 Å². The molecule has 1 aromatic heterocycles. The van der Waals surface area contributed by atoms with Gasteiger partial charge in [0.05, 0.1) is 25.3 Å². The van der Waals surface area contributed by atoms with Crippen LogP contribution in [0.3, 0.4) is 0 Å². The van der Waals surface area contributed by atoms with E-state index in [1.807, 2.05) is 31.2 Å². The van der Waals surface area contributed by atoms with E-state index in [0.29, 0.717) is 32.4 Å². The van der Waals surface area contributed by atoms with Gasteiger partial charge < -0.3 is 9.32 Å². The van der Waals surface area contributed by atoms with E-state index in [2.05, 4.69) is 12.1 Å². The second-order valence-electron chi connectivity index (χ2n) is 5.29. The van der Waals surface area contributed by atoms with Crippen molar-refractivity contribution in [3.05, 3.63) is 59.5 Å². The number of rotatable bonds is 7. The van der Waals surface area contributed by atoms with E-state index in [4.69, 9.17) is 9.68 Å². The molecule has 0 atom stereocenters. The van der Waals surface area contributed by atoms with Crippen molar-refractivity contribution in [2.24, 2.45) is 0 Å². The first kappa shape index (κ1) is 15.8. The van der Waals surface area contributed by atoms with Crippen LogP contribution in [0.15, 0.2) is 47.1 Å². The van der Waals surface area contributed by atoms with Gasteiger partial charge in [0, 0.05) is 13.0 Å². The summed E-state index contributed by atoms with van der Waals surface area (Å²) in [5, 5.41) is 8.75. The molecule has 2 rings (SSSR count). The second-order valence-corrected chi connectivity index (χ2v) is 5.29. The molecule has 0 N–H and O–H groups in total. The van der Waals surface area contributed by atoms with Crippen LogP contribution in [-0.2, 0) is 17.8 Å². The van der Waals surface area contributed by atoms with E-state index in [0.717, 1.165) is 11.3 Å². The maximum absolute atomic E-state index is 12.4. The average Bonchev–Trinajstić information content (AvgIpc) is 3.02. The van der Waals surface area contributed by atoms with Gasteiger partial charge in [0.15, 0.2) is 0 Å². The molecule has 1 amide bonds. The summed E-state index contributed by atoms with van der Waals surface area (Å²) in [6.07, 6.45) is 3.07. The SMILES string of the molecule is Cc1cccc(CCC(=O)N(CCC#N)Cc2ccco2)c1. The number of aryl methyl sites for hydroxylation is 2. The van der Waals surface area contributed by atoms with Crippen LogP contribution >= 0.6 is 0 Å². The zero-order valence-electron chi connectivity index (χ0n) is 12.8. The van der Waals surface area contributed by atoms with E-state index in [-0.39, 0.29) is 5.91 Å². The third kappa shape index (κ3) is 4.78. The normalized spacial score (nSPS) is 10.2. The van der Waals surface area contributed by atoms with E-state index in [1.54, 1.807) is 17.2 Å². The van der Waals surface area contributed by atoms with Crippen molar-refractivity contribution in [1.82, 2.24) is 4.90 Å². The van der Waals surface area contributed by atoms with Gasteiger partial charge >= 0.3 is 0 Å². The minimum atomic E-state index is 0.0492. The Balaban J connectivity index is 1.94. The van der Waals surface area contributed by atoms with Gasteiger partial charge in [-0.3, -0.25) is 4.79 Å². The average molecular weight is 296 g/mol. The number of furan rings is 1. The minimum absolute atomic E-state index is 0.0492. The fourth-order valence-corrected chi connectivity index (χ4v) is 2.34. The monoisotopic (exact) mass is 296 g/mol. The summed E-state index contributed by atoms with van der Waals surface area (Å²) in [7, 11) is 0. The van der Waals surface area contributed by atoms with Crippen LogP contribution in [0.2, 0.25) is 0 Å². The summed E-state index contributed by atoms with van der Waals surface area (Å²) in [5.41, 5.74) is 2.36. The fourth-order valence-electron chi connectivity index (χ4n) is 2.34. The molecule has 0 radical (unpaired) electrons. The van der Waals surface area contributed by atoms with Gasteiger partial charge in [-0.1, -0.05) is 29.8 Å². The fraction of sp³-hybridized carbons (Fsp3) is 0.333. The smallest absolute Gasteiger partial charge is 0.223 e. The van der Waals surface area contributed by atoms with Crippen molar-refractivity contribution in [3.8, 4) is 6.07 Å². The zero-order chi connectivity index (χ0) is 15.8. The number of nitriles is 1. The Hall–Kier alpha value is -2.54. The highest BCUT2D eigenvalue weighted by atomic mass is 16.3. The Labute approximate surface area is 131 Å². The molecule has 114 valence electrons. The lowest BCUT2D eigenvalue weighted by Crippen LogP contribution is -2.31. The molecule has 0 saturated carbocycles. The number of carbonyl (C=O) groups is 1. The molecule has 22 heavy (non-hydrogen) atoms. The number of benzene rings is 1. The Bertz CT molecular complexity index is 641. The number of hydrogen-bond acceptors (Lipinski definition) is 3. The molecule has 0 spiro atoms. The van der Waals surface area contributed by atoms with E-state index >= 15 is 0 Å². The summed E-state index contributed by atoms with van der Waals surface area (Å²) in [6, 6.07) is 13.9. The van der Waals surface area contributed by atoms with Crippen molar-refractivity contribution >= 4 is 5.91 Å². The Morgan fingerprint density at radius 2 is 2.18 bits per heavy atom. The first-order valence-electron chi connectivity index (χ1n) is 7.41. The molecule has 0 aliphatic rings. The molecular weight excluding hydrogens is 276 g/mol. The van der Waals surface area contributed by atoms with Gasteiger partial charge in [0.2, 0.25) is 5.91 Å². The second kappa shape index (κ2) is 8.04. The summed E-state index contributed by atoms with van der Waals surface area (Å²) < 4.78 is 5.30. The molecule has 4 nitrogen and oxygen atoms in total. The molecule has 4 heteroatoms. The van der Waals surface area contributed by atoms with Crippen molar-refractivity contribution in [2.75, 3.05) is 6.54 Å². The number of hydrogen-bond donors (Lipinski definition) is 0. The third-order valence-electron chi connectivity index (χ3n) is 3.48. The van der Waals surface area contributed by atoms with Crippen LogP contribution in [0, 0.1) is 18.3 Å². The molecule has 0 bridgehead atoms. The van der Waals surface area contributed by atoms with Crippen LogP contribution in [0.25, 0.3) is 0 Å². The molecule has 0 aliphatic carbocycles. The highest BCUT2D eigenvalue weighted by Gasteiger charge is 2.15. The maximum Gasteiger partial charge on any atom is 0.223 e. The predicted octanol–water partition coefficient (Wildman–Crippen LogP) is 3.46. The third-order valence-corrected chi connectivity index (χ3v) is 3.48. The van der Waals surface area contributed by atoms with Gasteiger partial charge in [0.25, 0.3) is 0 Å². The standard InChI is InChI=1S/C18H20N2O2/c1-15-5-2-6-16(13-15)8-9-18(21)20(11-4-10-19)14-17-7-3-12-22-17/h2-3,5-7,12-13H,4,8-9,11,14H2,1H3. The van der Waals surface area contributed by atoms with Crippen molar-refractivity contribution in [1.29, 1.82) is 5.26 Å². The Kier molecular flexibility index (Phi) is 5.79. The van der Waals surface area contributed by atoms with E-state index in [9.17, 15) is 4.79 Å². The largest absolute Gasteiger partial charge is 0.467 e. The van der Waals surface area contributed by atoms with Gasteiger partial charge in [-0.15, -0.1) is 0 Å². The molecule has 0 fully saturated rings. The first-order chi connectivity index (χ1) is 10.7. The molecule has 0 aliphatic heterocycles. The molecule has 1 heterocycles. The first-order valence-corrected chi connectivity index (χ1v) is 7.41. The van der Waals surface area contributed by atoms with Crippen LogP contribution in [-0.4, -0.2) is 17.4 Å². The lowest BCUT2D eigenvalue weighted by Gasteiger charge is -2.20. The lowest BCUT2D eigenvalue weighted by molar-refractivity contribution is -0.132. The van der Waals surface area contributed by atoms with Crippen LogP contribution in [0.5, 0.6) is 0 Å². The lowest BCUT2D eigenvalue weighted by atomic mass is 10.1. The van der Waals surface area contributed by atoms with E-state index in [1.165, 1.54) is 5.56 Å². The number of amides is 1. The number of nitrogens with zero attached hydrogens (tertiary/aromatic N) is 2. The molecular formula is C18H20N2O2. The Morgan fingerprint density at radius 1 is 1.32 bits per heavy atom. The quantitative estimate of drug-likeness (QED) is 0.786. The van der Waals surface area contributed by atoms with Crippen LogP contribution < -0.4 is 0 Å². The summed E-state index contributed by atoms with van der Waals surface area (Å²) in [5.74, 6) is 0.787. The molecule has 2 aromatic rings. The van der Waals surface area contributed by atoms with Gasteiger partial charge in [0.1, 0.15) is 5.76 Å². The van der Waals surface area contributed by atoms with Crippen LogP contribution in [0.1, 0.15) is 29.7 Å². The molecule has 1 aromatic carbocycles. The number of carbonyl (C=O) groups excluding carboxylic acids is 1. The van der Waals surface area contributed by atoms with Crippen LogP contribution in [0.4, 0.5) is 0 Å². The van der Waals surface area contributed by atoms with Gasteiger partial charge in [-0.2, -0.15) is 5.26 Å². The summed E-state index contributed by atoms with van der Waals surface area (Å²) in [6.45, 7) is 2.90. The maximum atomic E-state index is 12.4. The topological polar surface area (TPSA) is 57.2 Å². The molecule has 0 saturated heterocycles. The van der Waals surface area contributed by atoms with Crippen molar-refractivity contribution < 1.29 is 9.21 Å². The van der Waals surface area contributed by atoms with Crippen molar-refractivity contribution in [3.63, 3.8) is 0 Å². The molecule has 0 unspecified atom stereocenters. The predicted molar refractivity (Wildman–Crippen MR) is 83.9 cm³/mol. The zero-order valence-corrected chi connectivity index (χ0v) is 12.8. The minimum Gasteiger partial charge on any atom is -0.467 e. The highest BCUT2D eigenvalue weighted by Crippen LogP contribution is 2.11. The summed E-state index contributed by atoms with van der Waals surface area (Å²) in [4.78, 5) is 14.1. The van der Waals surface area contributed by atoms with Crippen molar-refractivity contribution in [2.45, 2.75) is 32.7 Å². The van der Waals surface area contributed by atoms with Gasteiger partial charge in [-0.05, 0) is 31.0 Å². The Morgan fingerprint density at radius 3 is 2.86 bits per heavy atom. The summed E-state index contributed by atoms with van der Waals surface area (Å²) >= 11 is 0.